The lowest BCUT2D eigenvalue weighted by molar-refractivity contribution is 0.321. The van der Waals surface area contributed by atoms with Gasteiger partial charge in [-0.05, 0) is 30.9 Å². The van der Waals surface area contributed by atoms with Gasteiger partial charge in [0.1, 0.15) is 11.3 Å². The topological polar surface area (TPSA) is 76.7 Å². The minimum atomic E-state index is 0.321. The Balaban J connectivity index is 1.67. The Bertz CT molecular complexity index is 556. The van der Waals surface area contributed by atoms with Crippen LogP contribution >= 0.6 is 0 Å². The van der Waals surface area contributed by atoms with E-state index < -0.39 is 0 Å². The number of nitrogens with one attached hydrogen (secondary N) is 1. The fraction of sp³-hybridized carbons (Fsp3) is 0.500. The maximum Gasteiger partial charge on any atom is 0.180 e. The predicted octanol–water partition coefficient (Wildman–Crippen LogP) is 1.95. The van der Waals surface area contributed by atoms with Crippen molar-refractivity contribution in [3.05, 3.63) is 24.5 Å². The van der Waals surface area contributed by atoms with Gasteiger partial charge in [0.05, 0.1) is 0 Å². The van der Waals surface area contributed by atoms with Crippen molar-refractivity contribution in [1.82, 2.24) is 15.0 Å². The van der Waals surface area contributed by atoms with Crippen LogP contribution < -0.4 is 11.1 Å². The number of pyridine rings is 1. The SMILES string of the molecule is NC1CCCCC1CNc1ccc2nccnc2n1. The molecule has 1 saturated carbocycles. The molecule has 100 valence electrons. The summed E-state index contributed by atoms with van der Waals surface area (Å²) >= 11 is 0. The van der Waals surface area contributed by atoms with Crippen LogP contribution in [-0.4, -0.2) is 27.5 Å². The van der Waals surface area contributed by atoms with Crippen molar-refractivity contribution in [2.75, 3.05) is 11.9 Å². The molecule has 0 aliphatic heterocycles. The lowest BCUT2D eigenvalue weighted by atomic mass is 9.85. The molecular formula is C14H19N5. The molecule has 0 saturated heterocycles. The molecule has 2 heterocycles. The van der Waals surface area contributed by atoms with E-state index in [0.29, 0.717) is 17.6 Å². The van der Waals surface area contributed by atoms with E-state index in [4.69, 9.17) is 5.73 Å². The van der Waals surface area contributed by atoms with Crippen molar-refractivity contribution in [2.45, 2.75) is 31.7 Å². The molecule has 1 aliphatic carbocycles. The van der Waals surface area contributed by atoms with Gasteiger partial charge >= 0.3 is 0 Å². The van der Waals surface area contributed by atoms with Crippen LogP contribution in [-0.2, 0) is 0 Å². The van der Waals surface area contributed by atoms with E-state index in [-0.39, 0.29) is 0 Å². The molecule has 5 nitrogen and oxygen atoms in total. The average Bonchev–Trinajstić information content (AvgIpc) is 2.46. The number of anilines is 1. The van der Waals surface area contributed by atoms with E-state index >= 15 is 0 Å². The van der Waals surface area contributed by atoms with Crippen LogP contribution in [0.3, 0.4) is 0 Å². The molecule has 0 aromatic carbocycles. The maximum atomic E-state index is 6.15. The molecular weight excluding hydrogens is 238 g/mol. The molecule has 0 radical (unpaired) electrons. The second-order valence-electron chi connectivity index (χ2n) is 5.18. The number of aromatic nitrogens is 3. The summed E-state index contributed by atoms with van der Waals surface area (Å²) in [6.07, 6.45) is 8.25. The van der Waals surface area contributed by atoms with E-state index in [1.165, 1.54) is 19.3 Å². The molecule has 0 amide bonds. The maximum absolute atomic E-state index is 6.15. The molecule has 2 unspecified atom stereocenters. The van der Waals surface area contributed by atoms with Crippen molar-refractivity contribution in [1.29, 1.82) is 0 Å². The zero-order valence-corrected chi connectivity index (χ0v) is 10.9. The van der Waals surface area contributed by atoms with E-state index in [1.54, 1.807) is 12.4 Å². The molecule has 1 aliphatic rings. The first-order valence-electron chi connectivity index (χ1n) is 6.90. The quantitative estimate of drug-likeness (QED) is 0.879. The Morgan fingerprint density at radius 3 is 2.89 bits per heavy atom. The monoisotopic (exact) mass is 257 g/mol. The third kappa shape index (κ3) is 2.81. The van der Waals surface area contributed by atoms with Crippen molar-refractivity contribution in [3.63, 3.8) is 0 Å². The van der Waals surface area contributed by atoms with Gasteiger partial charge in [0.25, 0.3) is 0 Å². The van der Waals surface area contributed by atoms with Crippen LogP contribution in [0.4, 0.5) is 5.82 Å². The first-order chi connectivity index (χ1) is 9.33. The molecule has 5 heteroatoms. The third-order valence-corrected chi connectivity index (χ3v) is 3.84. The van der Waals surface area contributed by atoms with Crippen LogP contribution in [0.1, 0.15) is 25.7 Å². The standard InChI is InChI=1S/C14H19N5/c15-11-4-2-1-3-10(11)9-18-13-6-5-12-14(19-13)17-8-7-16-12/h5-8,10-11H,1-4,9,15H2,(H,17,18,19). The van der Waals surface area contributed by atoms with Gasteiger partial charge < -0.3 is 11.1 Å². The first kappa shape index (κ1) is 12.3. The summed E-state index contributed by atoms with van der Waals surface area (Å²) in [5.74, 6) is 1.40. The Morgan fingerprint density at radius 1 is 1.16 bits per heavy atom. The highest BCUT2D eigenvalue weighted by Crippen LogP contribution is 2.23. The normalized spacial score (nSPS) is 23.4. The van der Waals surface area contributed by atoms with Gasteiger partial charge in [0.15, 0.2) is 5.65 Å². The Labute approximate surface area is 112 Å². The van der Waals surface area contributed by atoms with Gasteiger partial charge in [0, 0.05) is 25.0 Å². The van der Waals surface area contributed by atoms with Crippen molar-refractivity contribution in [3.8, 4) is 0 Å². The largest absolute Gasteiger partial charge is 0.370 e. The highest BCUT2D eigenvalue weighted by molar-refractivity contribution is 5.71. The minimum absolute atomic E-state index is 0.321. The van der Waals surface area contributed by atoms with E-state index in [0.717, 1.165) is 24.3 Å². The van der Waals surface area contributed by atoms with Gasteiger partial charge in [-0.15, -0.1) is 0 Å². The first-order valence-corrected chi connectivity index (χ1v) is 6.90. The van der Waals surface area contributed by atoms with Crippen molar-refractivity contribution >= 4 is 17.0 Å². The molecule has 2 aromatic heterocycles. The Hall–Kier alpha value is -1.75. The summed E-state index contributed by atoms with van der Waals surface area (Å²) in [5, 5.41) is 3.38. The van der Waals surface area contributed by atoms with Crippen LogP contribution in [0.25, 0.3) is 11.2 Å². The summed E-state index contributed by atoms with van der Waals surface area (Å²) in [4.78, 5) is 12.9. The van der Waals surface area contributed by atoms with Crippen LogP contribution in [0.2, 0.25) is 0 Å². The molecule has 3 N–H and O–H groups in total. The summed E-state index contributed by atoms with van der Waals surface area (Å²) in [7, 11) is 0. The van der Waals surface area contributed by atoms with Crippen molar-refractivity contribution in [2.24, 2.45) is 11.7 Å². The van der Waals surface area contributed by atoms with E-state index in [1.807, 2.05) is 12.1 Å². The van der Waals surface area contributed by atoms with E-state index in [9.17, 15) is 0 Å². The highest BCUT2D eigenvalue weighted by atomic mass is 15.0. The lowest BCUT2D eigenvalue weighted by Gasteiger charge is -2.28. The van der Waals surface area contributed by atoms with Gasteiger partial charge in [-0.3, -0.25) is 4.98 Å². The highest BCUT2D eigenvalue weighted by Gasteiger charge is 2.21. The molecule has 1 fully saturated rings. The molecule has 0 spiro atoms. The van der Waals surface area contributed by atoms with Gasteiger partial charge in [0.2, 0.25) is 0 Å². The summed E-state index contributed by atoms with van der Waals surface area (Å²) < 4.78 is 0. The fourth-order valence-corrected chi connectivity index (χ4v) is 2.68. The summed E-state index contributed by atoms with van der Waals surface area (Å²) in [6, 6.07) is 4.21. The lowest BCUT2D eigenvalue weighted by Crippen LogP contribution is -2.37. The third-order valence-electron chi connectivity index (χ3n) is 3.84. The Kier molecular flexibility index (Phi) is 3.55. The number of nitrogens with zero attached hydrogens (tertiary/aromatic N) is 3. The second-order valence-corrected chi connectivity index (χ2v) is 5.18. The minimum Gasteiger partial charge on any atom is -0.370 e. The average molecular weight is 257 g/mol. The molecule has 0 bridgehead atoms. The second kappa shape index (κ2) is 5.48. The molecule has 2 atom stereocenters. The summed E-state index contributed by atoms with van der Waals surface area (Å²) in [6.45, 7) is 0.889. The zero-order valence-electron chi connectivity index (χ0n) is 10.9. The molecule has 19 heavy (non-hydrogen) atoms. The number of nitrogens with two attached hydrogens (primary N) is 1. The van der Waals surface area contributed by atoms with Crippen LogP contribution in [0, 0.1) is 5.92 Å². The van der Waals surface area contributed by atoms with Gasteiger partial charge in [-0.2, -0.15) is 0 Å². The van der Waals surface area contributed by atoms with Crippen LogP contribution in [0.15, 0.2) is 24.5 Å². The smallest absolute Gasteiger partial charge is 0.180 e. The summed E-state index contributed by atoms with van der Waals surface area (Å²) in [5.41, 5.74) is 7.65. The number of hydrogen-bond donors (Lipinski definition) is 2. The number of fused-ring (bicyclic) bond motifs is 1. The molecule has 3 rings (SSSR count). The Morgan fingerprint density at radius 2 is 2.00 bits per heavy atom. The predicted molar refractivity (Wildman–Crippen MR) is 75.8 cm³/mol. The van der Waals surface area contributed by atoms with Crippen LogP contribution in [0.5, 0.6) is 0 Å². The number of hydrogen-bond acceptors (Lipinski definition) is 5. The van der Waals surface area contributed by atoms with Crippen molar-refractivity contribution < 1.29 is 0 Å². The van der Waals surface area contributed by atoms with Gasteiger partial charge in [-0.1, -0.05) is 12.8 Å². The van der Waals surface area contributed by atoms with E-state index in [2.05, 4.69) is 20.3 Å². The fourth-order valence-electron chi connectivity index (χ4n) is 2.68. The molecule has 2 aromatic rings. The number of rotatable bonds is 3. The van der Waals surface area contributed by atoms with Gasteiger partial charge in [-0.25, -0.2) is 9.97 Å². The zero-order chi connectivity index (χ0) is 13.1.